The summed E-state index contributed by atoms with van der Waals surface area (Å²) in [6.45, 7) is 3.82. The second-order valence-corrected chi connectivity index (χ2v) is 6.79. The molecular formula is C22H30N4O. The molecule has 5 heteroatoms. The number of aliphatic imine (C=N–C) groups is 1. The smallest absolute Gasteiger partial charge is 0.191 e. The number of guanidine groups is 1. The summed E-state index contributed by atoms with van der Waals surface area (Å²) in [5, 5.41) is 6.91. The Morgan fingerprint density at radius 2 is 1.74 bits per heavy atom. The molecule has 1 aliphatic rings. The number of nitrogens with zero attached hydrogens (tertiary/aromatic N) is 2. The lowest BCUT2D eigenvalue weighted by molar-refractivity contribution is 0.245. The van der Waals surface area contributed by atoms with Crippen LogP contribution >= 0.6 is 0 Å². The summed E-state index contributed by atoms with van der Waals surface area (Å²) < 4.78 is 5.43. The molecule has 1 fully saturated rings. The van der Waals surface area contributed by atoms with Gasteiger partial charge in [-0.15, -0.1) is 0 Å². The van der Waals surface area contributed by atoms with E-state index in [1.165, 1.54) is 18.4 Å². The largest absolute Gasteiger partial charge is 0.496 e. The van der Waals surface area contributed by atoms with Crippen LogP contribution in [0.25, 0.3) is 0 Å². The van der Waals surface area contributed by atoms with Crippen molar-refractivity contribution in [1.29, 1.82) is 0 Å². The Labute approximate surface area is 162 Å². The van der Waals surface area contributed by atoms with Crippen LogP contribution in [0.15, 0.2) is 59.6 Å². The minimum atomic E-state index is 0.360. The lowest BCUT2D eigenvalue weighted by atomic mass is 10.1. The maximum absolute atomic E-state index is 5.43. The van der Waals surface area contributed by atoms with Crippen LogP contribution in [0, 0.1) is 0 Å². The molecule has 1 heterocycles. The normalized spacial score (nSPS) is 16.1. The molecule has 0 bridgehead atoms. The molecule has 1 unspecified atom stereocenters. The highest BCUT2D eigenvalue weighted by atomic mass is 16.5. The second-order valence-electron chi connectivity index (χ2n) is 6.79. The fraction of sp³-hybridized carbons (Fsp3) is 0.409. The zero-order chi connectivity index (χ0) is 18.9. The number of benzene rings is 2. The van der Waals surface area contributed by atoms with Crippen molar-refractivity contribution < 1.29 is 4.74 Å². The van der Waals surface area contributed by atoms with E-state index in [1.807, 2.05) is 25.2 Å². The third-order valence-electron chi connectivity index (χ3n) is 5.09. The van der Waals surface area contributed by atoms with E-state index in [4.69, 9.17) is 4.74 Å². The zero-order valence-corrected chi connectivity index (χ0v) is 16.3. The van der Waals surface area contributed by atoms with Crippen molar-refractivity contribution in [1.82, 2.24) is 15.5 Å². The minimum absolute atomic E-state index is 0.360. The van der Waals surface area contributed by atoms with Crippen LogP contribution < -0.4 is 15.4 Å². The average Bonchev–Trinajstić information content (AvgIpc) is 3.26. The van der Waals surface area contributed by atoms with Crippen LogP contribution in [0.4, 0.5) is 0 Å². The number of ether oxygens (including phenoxy) is 1. The molecule has 1 aliphatic heterocycles. The Balaban J connectivity index is 1.61. The Hall–Kier alpha value is -2.53. The lowest BCUT2D eigenvalue weighted by Crippen LogP contribution is -2.42. The molecule has 0 aliphatic carbocycles. The number of hydrogen-bond acceptors (Lipinski definition) is 3. The van der Waals surface area contributed by atoms with E-state index in [1.54, 1.807) is 7.11 Å². The molecule has 0 amide bonds. The van der Waals surface area contributed by atoms with Crippen molar-refractivity contribution in [2.45, 2.75) is 25.4 Å². The van der Waals surface area contributed by atoms with Gasteiger partial charge in [0.1, 0.15) is 5.75 Å². The first-order valence-electron chi connectivity index (χ1n) is 9.67. The summed E-state index contributed by atoms with van der Waals surface area (Å²) in [5.74, 6) is 1.70. The summed E-state index contributed by atoms with van der Waals surface area (Å²) in [7, 11) is 3.51. The molecule has 0 saturated carbocycles. The molecule has 0 aromatic heterocycles. The number of rotatable bonds is 7. The van der Waals surface area contributed by atoms with Crippen molar-refractivity contribution in [3.63, 3.8) is 0 Å². The molecule has 0 radical (unpaired) electrons. The molecular weight excluding hydrogens is 336 g/mol. The van der Waals surface area contributed by atoms with Gasteiger partial charge in [-0.2, -0.15) is 0 Å². The predicted octanol–water partition coefficient (Wildman–Crippen LogP) is 3.20. The number of hydrogen-bond donors (Lipinski definition) is 2. The molecule has 27 heavy (non-hydrogen) atoms. The molecule has 144 valence electrons. The highest BCUT2D eigenvalue weighted by molar-refractivity contribution is 5.79. The van der Waals surface area contributed by atoms with Gasteiger partial charge in [0.2, 0.25) is 0 Å². The number of methoxy groups -OCH3 is 1. The van der Waals surface area contributed by atoms with Crippen LogP contribution in [-0.4, -0.2) is 44.7 Å². The number of para-hydroxylation sites is 1. The van der Waals surface area contributed by atoms with Gasteiger partial charge in [-0.05, 0) is 37.6 Å². The van der Waals surface area contributed by atoms with Crippen LogP contribution in [0.2, 0.25) is 0 Å². The van der Waals surface area contributed by atoms with Crippen LogP contribution in [0.3, 0.4) is 0 Å². The maximum Gasteiger partial charge on any atom is 0.191 e. The van der Waals surface area contributed by atoms with Crippen molar-refractivity contribution >= 4 is 5.96 Å². The Bertz CT molecular complexity index is 726. The topological polar surface area (TPSA) is 48.9 Å². The van der Waals surface area contributed by atoms with Gasteiger partial charge in [0.15, 0.2) is 5.96 Å². The number of nitrogens with one attached hydrogen (secondary N) is 2. The van der Waals surface area contributed by atoms with Crippen LogP contribution in [0.1, 0.15) is 30.0 Å². The van der Waals surface area contributed by atoms with E-state index in [9.17, 15) is 0 Å². The van der Waals surface area contributed by atoms with Gasteiger partial charge < -0.3 is 15.4 Å². The van der Waals surface area contributed by atoms with Gasteiger partial charge in [-0.25, -0.2) is 0 Å². The second kappa shape index (κ2) is 9.97. The monoisotopic (exact) mass is 366 g/mol. The molecule has 1 saturated heterocycles. The minimum Gasteiger partial charge on any atom is -0.496 e. The Morgan fingerprint density at radius 1 is 1.04 bits per heavy atom. The van der Waals surface area contributed by atoms with Crippen LogP contribution in [0.5, 0.6) is 5.75 Å². The van der Waals surface area contributed by atoms with Gasteiger partial charge in [0.25, 0.3) is 0 Å². The highest BCUT2D eigenvalue weighted by Gasteiger charge is 2.23. The van der Waals surface area contributed by atoms with Gasteiger partial charge in [0, 0.05) is 25.7 Å². The fourth-order valence-corrected chi connectivity index (χ4v) is 3.63. The van der Waals surface area contributed by atoms with Gasteiger partial charge >= 0.3 is 0 Å². The summed E-state index contributed by atoms with van der Waals surface area (Å²) in [4.78, 5) is 6.95. The Kier molecular flexibility index (Phi) is 7.11. The van der Waals surface area contributed by atoms with Crippen molar-refractivity contribution in [3.05, 3.63) is 65.7 Å². The van der Waals surface area contributed by atoms with E-state index >= 15 is 0 Å². The lowest BCUT2D eigenvalue weighted by Gasteiger charge is -2.29. The molecule has 2 aromatic carbocycles. The van der Waals surface area contributed by atoms with Gasteiger partial charge in [-0.3, -0.25) is 9.89 Å². The summed E-state index contributed by atoms with van der Waals surface area (Å²) in [5.41, 5.74) is 2.47. The molecule has 3 rings (SSSR count). The average molecular weight is 367 g/mol. The standard InChI is InChI=1S/C22H30N4O/c1-23-22(24-16-19-12-6-7-13-21(19)27-2)25-17-20(26-14-8-9-15-26)18-10-4-3-5-11-18/h3-7,10-13,20H,8-9,14-17H2,1-2H3,(H2,23,24,25). The Morgan fingerprint density at radius 3 is 2.44 bits per heavy atom. The van der Waals surface area contributed by atoms with Crippen molar-refractivity contribution in [2.75, 3.05) is 33.8 Å². The highest BCUT2D eigenvalue weighted by Crippen LogP contribution is 2.24. The first kappa shape index (κ1) is 19.2. The quantitative estimate of drug-likeness (QED) is 0.584. The van der Waals surface area contributed by atoms with E-state index in [0.29, 0.717) is 12.6 Å². The first-order chi connectivity index (χ1) is 13.3. The summed E-state index contributed by atoms with van der Waals surface area (Å²) in [6, 6.07) is 19.2. The van der Waals surface area contributed by atoms with Crippen molar-refractivity contribution in [2.24, 2.45) is 4.99 Å². The predicted molar refractivity (Wildman–Crippen MR) is 111 cm³/mol. The molecule has 1 atom stereocenters. The van der Waals surface area contributed by atoms with E-state index < -0.39 is 0 Å². The molecule has 5 nitrogen and oxygen atoms in total. The van der Waals surface area contributed by atoms with Gasteiger partial charge in [0.05, 0.1) is 13.2 Å². The van der Waals surface area contributed by atoms with E-state index in [2.05, 4.69) is 56.9 Å². The van der Waals surface area contributed by atoms with Crippen molar-refractivity contribution in [3.8, 4) is 5.75 Å². The fourth-order valence-electron chi connectivity index (χ4n) is 3.63. The first-order valence-corrected chi connectivity index (χ1v) is 9.67. The van der Waals surface area contributed by atoms with Gasteiger partial charge in [-0.1, -0.05) is 48.5 Å². The summed E-state index contributed by atoms with van der Waals surface area (Å²) >= 11 is 0. The zero-order valence-electron chi connectivity index (χ0n) is 16.3. The molecule has 0 spiro atoms. The van der Waals surface area contributed by atoms with E-state index in [0.717, 1.165) is 36.9 Å². The van der Waals surface area contributed by atoms with E-state index in [-0.39, 0.29) is 0 Å². The third-order valence-corrected chi connectivity index (χ3v) is 5.09. The molecule has 2 aromatic rings. The van der Waals surface area contributed by atoms with Crippen LogP contribution in [-0.2, 0) is 6.54 Å². The SMILES string of the molecule is CN=C(NCc1ccccc1OC)NCC(c1ccccc1)N1CCCC1. The summed E-state index contributed by atoms with van der Waals surface area (Å²) in [6.07, 6.45) is 2.56. The number of likely N-dealkylation sites (tertiary alicyclic amines) is 1. The maximum atomic E-state index is 5.43. The molecule has 2 N–H and O–H groups in total. The third kappa shape index (κ3) is 5.23.